The Morgan fingerprint density at radius 1 is 0.933 bits per heavy atom. The Morgan fingerprint density at radius 3 is 1.77 bits per heavy atom. The molecule has 1 aliphatic carbocycles. The molecule has 176 valence electrons. The van der Waals surface area contributed by atoms with Crippen molar-refractivity contribution in [3.63, 3.8) is 0 Å². The maximum absolute atomic E-state index is 13.0. The summed E-state index contributed by atoms with van der Waals surface area (Å²) in [6.45, 7) is 6.18. The first-order chi connectivity index (χ1) is 13.4. The minimum Gasteiger partial charge on any atom is -0.462 e. The zero-order chi connectivity index (χ0) is 23.6. The van der Waals surface area contributed by atoms with Crippen LogP contribution in [-0.4, -0.2) is 42.2 Å². The second-order valence-electron chi connectivity index (χ2n) is 8.96. The summed E-state index contributed by atoms with van der Waals surface area (Å²) in [6, 6.07) is 0. The predicted molar refractivity (Wildman–Crippen MR) is 96.6 cm³/mol. The Bertz CT molecular complexity index is 593. The molecular formula is C19H29F6NO4. The lowest BCUT2D eigenvalue weighted by atomic mass is 9.77. The van der Waals surface area contributed by atoms with Crippen molar-refractivity contribution in [2.24, 2.45) is 16.5 Å². The molecule has 1 aliphatic rings. The van der Waals surface area contributed by atoms with Gasteiger partial charge in [0.05, 0.1) is 17.6 Å². The molecule has 0 bridgehead atoms. The maximum atomic E-state index is 13.0. The summed E-state index contributed by atoms with van der Waals surface area (Å²) in [7, 11) is 0. The van der Waals surface area contributed by atoms with E-state index in [1.54, 1.807) is 13.8 Å². The number of nitrogens with zero attached hydrogens (tertiary/aromatic N) is 1. The molecule has 0 aromatic rings. The third-order valence-electron chi connectivity index (χ3n) is 6.11. The van der Waals surface area contributed by atoms with Gasteiger partial charge in [0.15, 0.2) is 0 Å². The Balaban J connectivity index is 2.78. The highest BCUT2D eigenvalue weighted by Gasteiger charge is 2.74. The van der Waals surface area contributed by atoms with E-state index in [0.717, 1.165) is 0 Å². The number of carbonyl (C=O) groups excluding carboxylic acids is 1. The van der Waals surface area contributed by atoms with E-state index in [1.165, 1.54) is 19.0 Å². The number of hydrogen-bond donors (Lipinski definition) is 0. The van der Waals surface area contributed by atoms with Gasteiger partial charge in [-0.25, -0.2) is 0 Å². The van der Waals surface area contributed by atoms with Crippen molar-refractivity contribution in [3.05, 3.63) is 4.91 Å². The molecule has 11 heteroatoms. The number of rotatable bonds is 8. The lowest BCUT2D eigenvalue weighted by molar-refractivity contribution is -0.313. The average molecular weight is 449 g/mol. The molecule has 1 rings (SSSR count). The molecule has 0 aromatic carbocycles. The van der Waals surface area contributed by atoms with Gasteiger partial charge in [0.2, 0.25) is 0 Å². The van der Waals surface area contributed by atoms with Gasteiger partial charge in [0, 0.05) is 0 Å². The molecule has 0 atom stereocenters. The predicted octanol–water partition coefficient (Wildman–Crippen LogP) is 5.95. The summed E-state index contributed by atoms with van der Waals surface area (Å²) in [5, 5.41) is 1.40. The van der Waals surface area contributed by atoms with Crippen LogP contribution in [0.3, 0.4) is 0 Å². The van der Waals surface area contributed by atoms with Crippen LogP contribution < -0.4 is 0 Å². The van der Waals surface area contributed by atoms with Gasteiger partial charge in [-0.3, -0.25) is 4.79 Å². The molecule has 0 unspecified atom stereocenters. The lowest BCUT2D eigenvalue weighted by Gasteiger charge is -2.41. The van der Waals surface area contributed by atoms with Crippen molar-refractivity contribution in [2.45, 2.75) is 96.3 Å². The smallest absolute Gasteiger partial charge is 0.428 e. The van der Waals surface area contributed by atoms with E-state index < -0.39 is 35.5 Å². The van der Waals surface area contributed by atoms with Gasteiger partial charge in [-0.05, 0) is 70.9 Å². The monoisotopic (exact) mass is 449 g/mol. The van der Waals surface area contributed by atoms with E-state index in [-0.39, 0.29) is 18.0 Å². The molecule has 0 N–H and O–H groups in total. The van der Waals surface area contributed by atoms with Gasteiger partial charge in [-0.2, -0.15) is 26.3 Å². The molecule has 30 heavy (non-hydrogen) atoms. The molecular weight excluding hydrogens is 420 g/mol. The molecule has 0 amide bonds. The fourth-order valence-electron chi connectivity index (χ4n) is 3.19. The molecule has 5 nitrogen and oxygen atoms in total. The summed E-state index contributed by atoms with van der Waals surface area (Å²) in [4.78, 5) is 22.8. The van der Waals surface area contributed by atoms with Gasteiger partial charge >= 0.3 is 23.9 Å². The summed E-state index contributed by atoms with van der Waals surface area (Å²) in [5.74, 6) is -0.724. The Labute approximate surface area is 171 Å². The van der Waals surface area contributed by atoms with E-state index >= 15 is 0 Å². The van der Waals surface area contributed by atoms with Crippen molar-refractivity contribution in [3.8, 4) is 0 Å². The molecule has 0 aromatic heterocycles. The van der Waals surface area contributed by atoms with Gasteiger partial charge in [0.25, 0.3) is 0 Å². The summed E-state index contributed by atoms with van der Waals surface area (Å²) >= 11 is 0. The highest BCUT2D eigenvalue weighted by Crippen LogP contribution is 2.47. The molecule has 0 heterocycles. The van der Waals surface area contributed by atoms with Crippen LogP contribution in [0.4, 0.5) is 26.3 Å². The average Bonchev–Trinajstić information content (AvgIpc) is 2.60. The van der Waals surface area contributed by atoms with Crippen molar-refractivity contribution in [2.75, 3.05) is 6.61 Å². The number of carbonyl (C=O) groups is 1. The molecule has 0 aliphatic heterocycles. The van der Waals surface area contributed by atoms with Crippen molar-refractivity contribution in [1.29, 1.82) is 0 Å². The summed E-state index contributed by atoms with van der Waals surface area (Å²) in [6.07, 6.45) is -10.1. The quantitative estimate of drug-likeness (QED) is 0.261. The van der Waals surface area contributed by atoms with Crippen molar-refractivity contribution >= 4 is 5.97 Å². The van der Waals surface area contributed by atoms with Crippen LogP contribution in [0.1, 0.15) is 66.7 Å². The van der Waals surface area contributed by atoms with E-state index in [9.17, 15) is 36.0 Å². The van der Waals surface area contributed by atoms with Gasteiger partial charge in [0.1, 0.15) is 6.10 Å². The Hall–Kier alpha value is -1.39. The van der Waals surface area contributed by atoms with Crippen LogP contribution in [0.5, 0.6) is 0 Å². The van der Waals surface area contributed by atoms with E-state index in [2.05, 4.69) is 0 Å². The van der Waals surface area contributed by atoms with Gasteiger partial charge < -0.3 is 9.47 Å². The van der Waals surface area contributed by atoms with Gasteiger partial charge in [-0.1, -0.05) is 6.92 Å². The second-order valence-corrected chi connectivity index (χ2v) is 8.96. The first-order valence-electron chi connectivity index (χ1n) is 9.76. The second kappa shape index (κ2) is 9.00. The van der Waals surface area contributed by atoms with Gasteiger partial charge in [-0.15, -0.1) is 4.91 Å². The Kier molecular flexibility index (Phi) is 7.99. The number of alkyl halides is 6. The molecule has 1 fully saturated rings. The topological polar surface area (TPSA) is 65.0 Å². The summed E-state index contributed by atoms with van der Waals surface area (Å²) in [5.41, 5.74) is -6.83. The normalized spacial score (nSPS) is 22.0. The van der Waals surface area contributed by atoms with Crippen molar-refractivity contribution < 1.29 is 40.6 Å². The van der Waals surface area contributed by atoms with E-state index in [0.29, 0.717) is 32.1 Å². The number of halogens is 6. The van der Waals surface area contributed by atoms with Crippen LogP contribution in [0.25, 0.3) is 0 Å². The summed E-state index contributed by atoms with van der Waals surface area (Å²) < 4.78 is 88.8. The zero-order valence-electron chi connectivity index (χ0n) is 17.7. The molecule has 0 saturated heterocycles. The first kappa shape index (κ1) is 26.6. The van der Waals surface area contributed by atoms with E-state index in [4.69, 9.17) is 9.47 Å². The number of nitroso groups, excluding NO2 is 1. The molecule has 0 spiro atoms. The maximum Gasteiger partial charge on any atom is 0.428 e. The van der Waals surface area contributed by atoms with E-state index in [1.807, 2.05) is 6.92 Å². The number of hydrogen-bond acceptors (Lipinski definition) is 5. The fourth-order valence-corrected chi connectivity index (χ4v) is 3.19. The minimum atomic E-state index is -5.94. The minimum absolute atomic E-state index is 0.346. The van der Waals surface area contributed by atoms with Crippen LogP contribution >= 0.6 is 0 Å². The van der Waals surface area contributed by atoms with Crippen LogP contribution in [0, 0.1) is 16.2 Å². The zero-order valence-corrected chi connectivity index (χ0v) is 17.7. The fraction of sp³-hybridized carbons (Fsp3) is 0.947. The van der Waals surface area contributed by atoms with Crippen LogP contribution in [0.15, 0.2) is 5.18 Å². The highest BCUT2D eigenvalue weighted by molar-refractivity contribution is 5.75. The SMILES string of the molecule is CCC(C)(C)C(=O)OC1CCC(C(C)(C)OCC(N=O)(C(F)(F)F)C(F)(F)F)CC1. The highest BCUT2D eigenvalue weighted by atomic mass is 19.4. The third-order valence-corrected chi connectivity index (χ3v) is 6.11. The number of esters is 1. The Morgan fingerprint density at radius 2 is 1.40 bits per heavy atom. The largest absolute Gasteiger partial charge is 0.462 e. The lowest BCUT2D eigenvalue weighted by Crippen LogP contribution is -2.59. The molecule has 0 radical (unpaired) electrons. The standard InChI is InChI=1S/C19H29F6NO4/c1-6-15(2,3)14(27)30-13-9-7-12(8-10-13)16(4,5)29-11-17(26-28,18(20,21)22)19(23,24)25/h12-13H,6-11H2,1-5H3. The van der Waals surface area contributed by atoms with Crippen molar-refractivity contribution in [1.82, 2.24) is 0 Å². The number of ether oxygens (including phenoxy) is 2. The molecule has 1 saturated carbocycles. The first-order valence-corrected chi connectivity index (χ1v) is 9.76. The third kappa shape index (κ3) is 5.64. The van der Waals surface area contributed by atoms with Crippen LogP contribution in [0.2, 0.25) is 0 Å². The van der Waals surface area contributed by atoms with Crippen LogP contribution in [-0.2, 0) is 14.3 Å².